The minimum absolute atomic E-state index is 0.165. The summed E-state index contributed by atoms with van der Waals surface area (Å²) in [7, 11) is 1.09. The van der Waals surface area contributed by atoms with Crippen molar-refractivity contribution < 1.29 is 39.1 Å². The standard InChI is InChI=1S/C14H26N2O8/c1-14(2,3)24-13(21)16-7(12(20)22-4)11-10(19)9(18)8(17)6(5-15)23-11/h6-11,17-19H,5,15H2,1-4H3,(H,16,21)/t6?,7?,8-,9-,10?,11+/m0/s1. The summed E-state index contributed by atoms with van der Waals surface area (Å²) in [6.07, 6.45) is -8.02. The van der Waals surface area contributed by atoms with E-state index >= 15 is 0 Å². The Morgan fingerprint density at radius 3 is 2.25 bits per heavy atom. The van der Waals surface area contributed by atoms with Crippen LogP contribution < -0.4 is 11.1 Å². The monoisotopic (exact) mass is 350 g/mol. The van der Waals surface area contributed by atoms with E-state index in [1.165, 1.54) is 0 Å². The van der Waals surface area contributed by atoms with Crippen LogP contribution in [0.4, 0.5) is 4.79 Å². The van der Waals surface area contributed by atoms with Crippen molar-refractivity contribution in [3.63, 3.8) is 0 Å². The minimum Gasteiger partial charge on any atom is -0.467 e. The Balaban J connectivity index is 2.98. The molecule has 24 heavy (non-hydrogen) atoms. The van der Waals surface area contributed by atoms with Gasteiger partial charge < -0.3 is 40.6 Å². The molecule has 0 aromatic carbocycles. The van der Waals surface area contributed by atoms with Crippen LogP contribution in [0.15, 0.2) is 0 Å². The van der Waals surface area contributed by atoms with Gasteiger partial charge in [0.05, 0.1) is 13.2 Å². The van der Waals surface area contributed by atoms with Crippen LogP contribution in [0.1, 0.15) is 20.8 Å². The van der Waals surface area contributed by atoms with Crippen molar-refractivity contribution in [2.24, 2.45) is 5.73 Å². The second kappa shape index (κ2) is 8.08. The molecule has 1 saturated heterocycles. The van der Waals surface area contributed by atoms with E-state index in [1.807, 2.05) is 0 Å². The van der Waals surface area contributed by atoms with Gasteiger partial charge in [-0.2, -0.15) is 0 Å². The molecule has 3 unspecified atom stereocenters. The molecule has 10 heteroatoms. The van der Waals surface area contributed by atoms with E-state index in [0.29, 0.717) is 0 Å². The second-order valence-electron chi connectivity index (χ2n) is 6.49. The third-order valence-electron chi connectivity index (χ3n) is 3.44. The van der Waals surface area contributed by atoms with E-state index in [2.05, 4.69) is 10.1 Å². The number of nitrogens with two attached hydrogens (primary N) is 1. The molecule has 1 aliphatic heterocycles. The van der Waals surface area contributed by atoms with Crippen LogP contribution in [0.25, 0.3) is 0 Å². The average molecular weight is 350 g/mol. The minimum atomic E-state index is -1.65. The summed E-state index contributed by atoms with van der Waals surface area (Å²) in [6, 6.07) is -1.46. The summed E-state index contributed by atoms with van der Waals surface area (Å²) < 4.78 is 15.0. The zero-order valence-corrected chi connectivity index (χ0v) is 14.1. The predicted molar refractivity (Wildman–Crippen MR) is 80.9 cm³/mol. The predicted octanol–water partition coefficient (Wildman–Crippen LogP) is -2.14. The highest BCUT2D eigenvalue weighted by Crippen LogP contribution is 2.24. The fourth-order valence-corrected chi connectivity index (χ4v) is 2.29. The Bertz CT molecular complexity index is 451. The van der Waals surface area contributed by atoms with Crippen LogP contribution in [0.5, 0.6) is 0 Å². The molecular formula is C14H26N2O8. The van der Waals surface area contributed by atoms with Crippen LogP contribution in [0.3, 0.4) is 0 Å². The molecule has 140 valence electrons. The van der Waals surface area contributed by atoms with Crippen molar-refractivity contribution in [3.05, 3.63) is 0 Å². The summed E-state index contributed by atoms with van der Waals surface area (Å²) in [5.41, 5.74) is 4.64. The van der Waals surface area contributed by atoms with Crippen molar-refractivity contribution in [1.29, 1.82) is 0 Å². The molecule has 0 aromatic rings. The summed E-state index contributed by atoms with van der Waals surface area (Å²) in [5.74, 6) is -0.913. The molecule has 0 aromatic heterocycles. The average Bonchev–Trinajstić information content (AvgIpc) is 2.48. The molecule has 6 atom stereocenters. The summed E-state index contributed by atoms with van der Waals surface area (Å²) in [4.78, 5) is 23.9. The number of hydrogen-bond acceptors (Lipinski definition) is 9. The van der Waals surface area contributed by atoms with Crippen LogP contribution in [-0.4, -0.2) is 83.2 Å². The number of ether oxygens (including phenoxy) is 3. The Kier molecular flexibility index (Phi) is 6.93. The van der Waals surface area contributed by atoms with Crippen LogP contribution in [0.2, 0.25) is 0 Å². The maximum absolute atomic E-state index is 12.0. The molecule has 1 aliphatic rings. The molecule has 0 saturated carbocycles. The van der Waals surface area contributed by atoms with Gasteiger partial charge in [0, 0.05) is 6.54 Å². The molecule has 1 amide bonds. The van der Waals surface area contributed by atoms with Gasteiger partial charge in [0.1, 0.15) is 30.0 Å². The highest BCUT2D eigenvalue weighted by molar-refractivity contribution is 5.82. The number of carbonyl (C=O) groups excluding carboxylic acids is 2. The first-order chi connectivity index (χ1) is 11.0. The Labute approximate surface area is 139 Å². The van der Waals surface area contributed by atoms with E-state index in [4.69, 9.17) is 15.2 Å². The molecule has 1 rings (SSSR count). The fraction of sp³-hybridized carbons (Fsp3) is 0.857. The lowest BCUT2D eigenvalue weighted by Crippen LogP contribution is -2.66. The van der Waals surface area contributed by atoms with Crippen molar-refractivity contribution in [1.82, 2.24) is 5.32 Å². The quantitative estimate of drug-likeness (QED) is 0.356. The molecule has 1 fully saturated rings. The lowest BCUT2D eigenvalue weighted by Gasteiger charge is -2.42. The van der Waals surface area contributed by atoms with Gasteiger partial charge in [-0.15, -0.1) is 0 Å². The Morgan fingerprint density at radius 2 is 1.79 bits per heavy atom. The Hall–Kier alpha value is -1.46. The highest BCUT2D eigenvalue weighted by atomic mass is 16.6. The zero-order valence-electron chi connectivity index (χ0n) is 14.1. The largest absolute Gasteiger partial charge is 0.467 e. The lowest BCUT2D eigenvalue weighted by molar-refractivity contribution is -0.227. The van der Waals surface area contributed by atoms with Gasteiger partial charge in [0.2, 0.25) is 0 Å². The number of nitrogens with one attached hydrogen (secondary N) is 1. The number of esters is 1. The van der Waals surface area contributed by atoms with Crippen LogP contribution in [-0.2, 0) is 19.0 Å². The zero-order chi connectivity index (χ0) is 18.7. The third kappa shape index (κ3) is 5.02. The third-order valence-corrected chi connectivity index (χ3v) is 3.44. The summed E-state index contributed by atoms with van der Waals surface area (Å²) >= 11 is 0. The van der Waals surface area contributed by atoms with E-state index in [9.17, 15) is 24.9 Å². The van der Waals surface area contributed by atoms with Gasteiger partial charge >= 0.3 is 12.1 Å². The molecular weight excluding hydrogens is 324 g/mol. The van der Waals surface area contributed by atoms with Gasteiger partial charge in [-0.25, -0.2) is 9.59 Å². The SMILES string of the molecule is COC(=O)C(NC(=O)OC(C)(C)C)[C@H]1OC(CN)[C@H](O)[C@H](O)C1O. The number of alkyl carbamates (subject to hydrolysis) is 1. The number of aliphatic hydroxyl groups is 3. The fourth-order valence-electron chi connectivity index (χ4n) is 2.29. The maximum atomic E-state index is 12.0. The van der Waals surface area contributed by atoms with Crippen molar-refractivity contribution >= 4 is 12.1 Å². The van der Waals surface area contributed by atoms with Crippen molar-refractivity contribution in [2.75, 3.05) is 13.7 Å². The molecule has 0 aliphatic carbocycles. The first-order valence-corrected chi connectivity index (χ1v) is 7.49. The Morgan fingerprint density at radius 1 is 1.21 bits per heavy atom. The van der Waals surface area contributed by atoms with Gasteiger partial charge in [-0.1, -0.05) is 0 Å². The van der Waals surface area contributed by atoms with Gasteiger partial charge in [0.15, 0.2) is 6.04 Å². The molecule has 10 nitrogen and oxygen atoms in total. The number of amides is 1. The first-order valence-electron chi connectivity index (χ1n) is 7.49. The normalized spacial score (nSPS) is 31.9. The van der Waals surface area contributed by atoms with Gasteiger partial charge in [-0.3, -0.25) is 0 Å². The molecule has 0 bridgehead atoms. The maximum Gasteiger partial charge on any atom is 0.408 e. The van der Waals surface area contributed by atoms with E-state index in [1.54, 1.807) is 20.8 Å². The number of aliphatic hydroxyl groups excluding tert-OH is 3. The topological polar surface area (TPSA) is 161 Å². The summed E-state index contributed by atoms with van der Waals surface area (Å²) in [6.45, 7) is 4.74. The van der Waals surface area contributed by atoms with Crippen LogP contribution >= 0.6 is 0 Å². The number of rotatable bonds is 4. The number of carbonyl (C=O) groups is 2. The summed E-state index contributed by atoms with van der Waals surface area (Å²) in [5, 5.41) is 32.1. The number of hydrogen-bond donors (Lipinski definition) is 5. The van der Waals surface area contributed by atoms with E-state index in [-0.39, 0.29) is 6.54 Å². The highest BCUT2D eigenvalue weighted by Gasteiger charge is 2.49. The van der Waals surface area contributed by atoms with Crippen molar-refractivity contribution in [2.45, 2.75) is 62.9 Å². The van der Waals surface area contributed by atoms with E-state index < -0.39 is 54.2 Å². The molecule has 0 spiro atoms. The van der Waals surface area contributed by atoms with Crippen LogP contribution in [0, 0.1) is 0 Å². The number of methoxy groups -OCH3 is 1. The van der Waals surface area contributed by atoms with E-state index in [0.717, 1.165) is 7.11 Å². The van der Waals surface area contributed by atoms with Gasteiger partial charge in [0.25, 0.3) is 0 Å². The molecule has 6 N–H and O–H groups in total. The van der Waals surface area contributed by atoms with Gasteiger partial charge in [-0.05, 0) is 20.8 Å². The molecule has 1 heterocycles. The lowest BCUT2D eigenvalue weighted by atomic mass is 9.91. The smallest absolute Gasteiger partial charge is 0.408 e. The first kappa shape index (κ1) is 20.6. The van der Waals surface area contributed by atoms with Crippen molar-refractivity contribution in [3.8, 4) is 0 Å². The second-order valence-corrected chi connectivity index (χ2v) is 6.49. The molecule has 0 radical (unpaired) electrons.